The predicted molar refractivity (Wildman–Crippen MR) is 52.9 cm³/mol. The highest BCUT2D eigenvalue weighted by molar-refractivity contribution is 7.14. The third-order valence-electron chi connectivity index (χ3n) is 2.23. The average Bonchev–Trinajstić information content (AvgIpc) is 2.67. The molecule has 1 aliphatic rings. The molecule has 1 aliphatic carbocycles. The molecule has 4 heteroatoms. The third-order valence-corrected chi connectivity index (χ3v) is 3.33. The summed E-state index contributed by atoms with van der Waals surface area (Å²) >= 11 is 7.27. The summed E-state index contributed by atoms with van der Waals surface area (Å²) in [6.45, 7) is 2.22. The van der Waals surface area contributed by atoms with Gasteiger partial charge in [0.15, 0.2) is 5.13 Å². The van der Waals surface area contributed by atoms with Gasteiger partial charge in [-0.05, 0) is 12.3 Å². The zero-order chi connectivity index (χ0) is 8.55. The lowest BCUT2D eigenvalue weighted by Crippen LogP contribution is -2.03. The first kappa shape index (κ1) is 8.32. The molecule has 1 heterocycles. The van der Waals surface area contributed by atoms with Gasteiger partial charge < -0.3 is 5.32 Å². The van der Waals surface area contributed by atoms with Crippen molar-refractivity contribution in [2.45, 2.75) is 25.8 Å². The normalized spacial score (nSPS) is 27.2. The number of halogens is 1. The van der Waals surface area contributed by atoms with Gasteiger partial charge in [-0.25, -0.2) is 4.98 Å². The average molecular weight is 203 g/mol. The lowest BCUT2D eigenvalue weighted by atomic mass is 10.3. The first-order valence-electron chi connectivity index (χ1n) is 4.17. The van der Waals surface area contributed by atoms with E-state index in [-0.39, 0.29) is 0 Å². The molecule has 66 valence electrons. The molecule has 0 aliphatic heterocycles. The van der Waals surface area contributed by atoms with Crippen LogP contribution in [-0.2, 0) is 0 Å². The fourth-order valence-corrected chi connectivity index (χ4v) is 2.25. The molecule has 0 amide bonds. The van der Waals surface area contributed by atoms with Crippen molar-refractivity contribution in [2.24, 2.45) is 5.92 Å². The van der Waals surface area contributed by atoms with Gasteiger partial charge in [-0.15, -0.1) is 11.3 Å². The van der Waals surface area contributed by atoms with Gasteiger partial charge >= 0.3 is 0 Å². The number of nitrogens with one attached hydrogen (secondary N) is 1. The monoisotopic (exact) mass is 202 g/mol. The molecular weight excluding hydrogens is 192 g/mol. The van der Waals surface area contributed by atoms with E-state index in [9.17, 15) is 0 Å². The zero-order valence-corrected chi connectivity index (χ0v) is 8.45. The van der Waals surface area contributed by atoms with E-state index in [1.54, 1.807) is 11.3 Å². The van der Waals surface area contributed by atoms with E-state index in [1.807, 2.05) is 5.38 Å². The first-order chi connectivity index (χ1) is 5.79. The molecular formula is C8H11ClN2S. The molecule has 0 radical (unpaired) electrons. The summed E-state index contributed by atoms with van der Waals surface area (Å²) in [5.74, 6) is 0.854. The van der Waals surface area contributed by atoms with E-state index in [1.165, 1.54) is 12.8 Å². The maximum Gasteiger partial charge on any atom is 0.184 e. The van der Waals surface area contributed by atoms with Gasteiger partial charge in [0.25, 0.3) is 0 Å². The molecule has 0 bridgehead atoms. The molecule has 1 fully saturated rings. The summed E-state index contributed by atoms with van der Waals surface area (Å²) in [6, 6.07) is 0.650. The summed E-state index contributed by atoms with van der Waals surface area (Å²) < 4.78 is 0. The van der Waals surface area contributed by atoms with Gasteiger partial charge in [-0.3, -0.25) is 0 Å². The van der Waals surface area contributed by atoms with Gasteiger partial charge in [0, 0.05) is 11.4 Å². The molecule has 0 saturated heterocycles. The van der Waals surface area contributed by atoms with Crippen LogP contribution in [0.15, 0.2) is 5.38 Å². The van der Waals surface area contributed by atoms with Crippen LogP contribution in [0.3, 0.4) is 0 Å². The quantitative estimate of drug-likeness (QED) is 0.815. The molecule has 12 heavy (non-hydrogen) atoms. The summed E-state index contributed by atoms with van der Waals surface area (Å²) in [4.78, 5) is 4.13. The highest BCUT2D eigenvalue weighted by Gasteiger charge is 2.35. The van der Waals surface area contributed by atoms with E-state index in [2.05, 4.69) is 17.2 Å². The minimum Gasteiger partial charge on any atom is -0.358 e. The van der Waals surface area contributed by atoms with Crippen molar-refractivity contribution >= 4 is 28.1 Å². The second-order valence-electron chi connectivity index (χ2n) is 3.13. The van der Waals surface area contributed by atoms with Gasteiger partial charge in [0.1, 0.15) is 5.15 Å². The van der Waals surface area contributed by atoms with E-state index in [0.29, 0.717) is 11.2 Å². The van der Waals surface area contributed by atoms with Crippen LogP contribution in [0.2, 0.25) is 5.15 Å². The van der Waals surface area contributed by atoms with Crippen LogP contribution >= 0.6 is 22.9 Å². The third kappa shape index (κ3) is 1.72. The summed E-state index contributed by atoms with van der Waals surface area (Å²) in [5, 5.41) is 6.77. The van der Waals surface area contributed by atoms with Gasteiger partial charge in [-0.1, -0.05) is 24.9 Å². The van der Waals surface area contributed by atoms with Crippen molar-refractivity contribution in [3.63, 3.8) is 0 Å². The SMILES string of the molecule is CCC1CC1Nc1nc(Cl)cs1. The van der Waals surface area contributed by atoms with Crippen LogP contribution in [0.25, 0.3) is 0 Å². The number of hydrogen-bond donors (Lipinski definition) is 1. The van der Waals surface area contributed by atoms with Crippen LogP contribution in [-0.4, -0.2) is 11.0 Å². The minimum atomic E-state index is 0.594. The highest BCUT2D eigenvalue weighted by atomic mass is 35.5. The van der Waals surface area contributed by atoms with Crippen molar-refractivity contribution in [3.8, 4) is 0 Å². The summed E-state index contributed by atoms with van der Waals surface area (Å²) in [5.41, 5.74) is 0. The van der Waals surface area contributed by atoms with Crippen LogP contribution in [0.4, 0.5) is 5.13 Å². The Hall–Kier alpha value is -0.280. The molecule has 0 spiro atoms. The van der Waals surface area contributed by atoms with Crippen molar-refractivity contribution in [3.05, 3.63) is 10.5 Å². The fourth-order valence-electron chi connectivity index (χ4n) is 1.35. The van der Waals surface area contributed by atoms with Crippen LogP contribution < -0.4 is 5.32 Å². The number of hydrogen-bond acceptors (Lipinski definition) is 3. The van der Waals surface area contributed by atoms with Gasteiger partial charge in [0.2, 0.25) is 0 Å². The predicted octanol–water partition coefficient (Wildman–Crippen LogP) is 3.01. The Morgan fingerprint density at radius 2 is 2.67 bits per heavy atom. The molecule has 2 atom stereocenters. The molecule has 1 saturated carbocycles. The zero-order valence-electron chi connectivity index (χ0n) is 6.88. The van der Waals surface area contributed by atoms with Crippen LogP contribution in [0.1, 0.15) is 19.8 Å². The van der Waals surface area contributed by atoms with Gasteiger partial charge in [-0.2, -0.15) is 0 Å². The Morgan fingerprint density at radius 1 is 1.83 bits per heavy atom. The maximum atomic E-state index is 5.69. The van der Waals surface area contributed by atoms with Crippen molar-refractivity contribution in [2.75, 3.05) is 5.32 Å². The summed E-state index contributed by atoms with van der Waals surface area (Å²) in [6.07, 6.45) is 2.55. The maximum absolute atomic E-state index is 5.69. The topological polar surface area (TPSA) is 24.9 Å². The van der Waals surface area contributed by atoms with Crippen LogP contribution in [0, 0.1) is 5.92 Å². The second kappa shape index (κ2) is 3.23. The Kier molecular flexibility index (Phi) is 2.24. The molecule has 1 aromatic rings. The first-order valence-corrected chi connectivity index (χ1v) is 5.43. The lowest BCUT2D eigenvalue weighted by molar-refractivity contribution is 0.774. The molecule has 1 aromatic heterocycles. The standard InChI is InChI=1S/C8H11ClN2S/c1-2-5-3-6(5)10-8-11-7(9)4-12-8/h4-6H,2-3H2,1H3,(H,10,11). The van der Waals surface area contributed by atoms with Gasteiger partial charge in [0.05, 0.1) is 0 Å². The van der Waals surface area contributed by atoms with Crippen molar-refractivity contribution < 1.29 is 0 Å². The molecule has 1 N–H and O–H groups in total. The number of aromatic nitrogens is 1. The number of anilines is 1. The Bertz CT molecular complexity index is 274. The fraction of sp³-hybridized carbons (Fsp3) is 0.625. The Balaban J connectivity index is 1.89. The molecule has 2 nitrogen and oxygen atoms in total. The Labute approximate surface area is 81.0 Å². The van der Waals surface area contributed by atoms with E-state index in [0.717, 1.165) is 11.0 Å². The van der Waals surface area contributed by atoms with E-state index < -0.39 is 0 Å². The number of rotatable bonds is 3. The van der Waals surface area contributed by atoms with E-state index in [4.69, 9.17) is 11.6 Å². The largest absolute Gasteiger partial charge is 0.358 e. The minimum absolute atomic E-state index is 0.594. The lowest BCUT2D eigenvalue weighted by Gasteiger charge is -1.98. The van der Waals surface area contributed by atoms with Crippen molar-refractivity contribution in [1.82, 2.24) is 4.98 Å². The smallest absolute Gasteiger partial charge is 0.184 e. The number of thiazole rings is 1. The highest BCUT2D eigenvalue weighted by Crippen LogP contribution is 2.36. The van der Waals surface area contributed by atoms with Crippen LogP contribution in [0.5, 0.6) is 0 Å². The second-order valence-corrected chi connectivity index (χ2v) is 4.38. The number of nitrogens with zero attached hydrogens (tertiary/aromatic N) is 1. The summed E-state index contributed by atoms with van der Waals surface area (Å²) in [7, 11) is 0. The molecule has 2 rings (SSSR count). The van der Waals surface area contributed by atoms with E-state index >= 15 is 0 Å². The molecule has 0 aromatic carbocycles. The Morgan fingerprint density at radius 3 is 3.17 bits per heavy atom. The molecule has 2 unspecified atom stereocenters. The van der Waals surface area contributed by atoms with Crippen molar-refractivity contribution in [1.29, 1.82) is 0 Å².